The fourth-order valence-corrected chi connectivity index (χ4v) is 3.65. The molecule has 1 heteroatoms. The van der Waals surface area contributed by atoms with Crippen LogP contribution >= 0.6 is 0 Å². The second-order valence-electron chi connectivity index (χ2n) is 5.11. The minimum Gasteiger partial charge on any atom is -0.295 e. The Morgan fingerprint density at radius 3 is 2.21 bits per heavy atom. The molecule has 3 atom stereocenters. The van der Waals surface area contributed by atoms with E-state index in [4.69, 9.17) is 0 Å². The molecule has 2 saturated heterocycles. The summed E-state index contributed by atoms with van der Waals surface area (Å²) in [5.41, 5.74) is 0. The van der Waals surface area contributed by atoms with Crippen LogP contribution in [0.5, 0.6) is 0 Å². The largest absolute Gasteiger partial charge is 0.295 e. The van der Waals surface area contributed by atoms with E-state index in [0.717, 1.165) is 18.1 Å². The molecule has 0 radical (unpaired) electrons. The third-order valence-corrected chi connectivity index (χ3v) is 4.27. The number of hydrogen-bond donors (Lipinski definition) is 0. The Morgan fingerprint density at radius 2 is 1.71 bits per heavy atom. The summed E-state index contributed by atoms with van der Waals surface area (Å²) >= 11 is 0. The van der Waals surface area contributed by atoms with Gasteiger partial charge in [-0.05, 0) is 38.5 Å². The van der Waals surface area contributed by atoms with E-state index in [9.17, 15) is 0 Å². The lowest BCUT2D eigenvalue weighted by molar-refractivity contribution is 0.0787. The highest BCUT2D eigenvalue weighted by Gasteiger charge is 2.39. The number of nitrogens with zero attached hydrogens (tertiary/aromatic N) is 1. The van der Waals surface area contributed by atoms with Crippen molar-refractivity contribution in [3.05, 3.63) is 0 Å². The second-order valence-corrected chi connectivity index (χ2v) is 5.11. The van der Waals surface area contributed by atoms with Gasteiger partial charge >= 0.3 is 0 Å². The van der Waals surface area contributed by atoms with Crippen LogP contribution in [0.15, 0.2) is 0 Å². The standard InChI is InChI=1S/C13H25N/c1-3-6-11(4-2)14-12-7-5-8-13(14)10-9-12/h11-13H,3-10H2,1-2H3/t11?,12-,13+. The molecule has 0 spiro atoms. The summed E-state index contributed by atoms with van der Waals surface area (Å²) in [6, 6.07) is 2.83. The highest BCUT2D eigenvalue weighted by Crippen LogP contribution is 2.38. The first-order valence-corrected chi connectivity index (χ1v) is 6.64. The molecule has 2 heterocycles. The van der Waals surface area contributed by atoms with E-state index in [1.54, 1.807) is 0 Å². The van der Waals surface area contributed by atoms with Crippen molar-refractivity contribution in [3.8, 4) is 0 Å². The minimum atomic E-state index is 0.901. The van der Waals surface area contributed by atoms with Crippen LogP contribution in [0.2, 0.25) is 0 Å². The van der Waals surface area contributed by atoms with E-state index >= 15 is 0 Å². The molecule has 0 saturated carbocycles. The van der Waals surface area contributed by atoms with Crippen molar-refractivity contribution in [2.45, 2.75) is 83.3 Å². The number of fused-ring (bicyclic) bond motifs is 2. The molecule has 0 amide bonds. The van der Waals surface area contributed by atoms with E-state index in [-0.39, 0.29) is 0 Å². The van der Waals surface area contributed by atoms with Gasteiger partial charge in [-0.2, -0.15) is 0 Å². The molecule has 0 aliphatic carbocycles. The number of piperidine rings is 1. The predicted octanol–water partition coefficient (Wildman–Crippen LogP) is 3.58. The van der Waals surface area contributed by atoms with Crippen molar-refractivity contribution in [3.63, 3.8) is 0 Å². The van der Waals surface area contributed by atoms with Gasteiger partial charge in [0.2, 0.25) is 0 Å². The molecule has 1 unspecified atom stereocenters. The summed E-state index contributed by atoms with van der Waals surface area (Å²) in [5.74, 6) is 0. The van der Waals surface area contributed by atoms with Crippen molar-refractivity contribution in [1.82, 2.24) is 4.90 Å². The first-order chi connectivity index (χ1) is 6.86. The topological polar surface area (TPSA) is 3.24 Å². The van der Waals surface area contributed by atoms with Gasteiger partial charge in [-0.1, -0.05) is 26.7 Å². The molecule has 1 nitrogen and oxygen atoms in total. The summed E-state index contributed by atoms with van der Waals surface area (Å²) in [5, 5.41) is 0. The molecule has 2 fully saturated rings. The van der Waals surface area contributed by atoms with Crippen molar-refractivity contribution < 1.29 is 0 Å². The third kappa shape index (κ3) is 1.84. The average Bonchev–Trinajstić information content (AvgIpc) is 2.47. The summed E-state index contributed by atoms with van der Waals surface area (Å²) in [4.78, 5) is 2.90. The van der Waals surface area contributed by atoms with Gasteiger partial charge in [0, 0.05) is 18.1 Å². The van der Waals surface area contributed by atoms with Crippen molar-refractivity contribution in [1.29, 1.82) is 0 Å². The lowest BCUT2D eigenvalue weighted by Crippen LogP contribution is -2.46. The molecule has 2 aliphatic rings. The van der Waals surface area contributed by atoms with Gasteiger partial charge < -0.3 is 0 Å². The van der Waals surface area contributed by atoms with Gasteiger partial charge in [0.1, 0.15) is 0 Å². The molecule has 82 valence electrons. The van der Waals surface area contributed by atoms with Crippen LogP contribution in [0.3, 0.4) is 0 Å². The first kappa shape index (κ1) is 10.5. The normalized spacial score (nSPS) is 34.7. The molecule has 0 aromatic carbocycles. The zero-order chi connectivity index (χ0) is 9.97. The second kappa shape index (κ2) is 4.65. The van der Waals surface area contributed by atoms with Crippen LogP contribution < -0.4 is 0 Å². The molecule has 0 aromatic rings. The monoisotopic (exact) mass is 195 g/mol. The SMILES string of the molecule is CCCC(CC)N1[C@@H]2CCC[C@H]1CC2. The van der Waals surface area contributed by atoms with Crippen molar-refractivity contribution in [2.24, 2.45) is 0 Å². The Morgan fingerprint density at radius 1 is 1.07 bits per heavy atom. The van der Waals surface area contributed by atoms with Crippen LogP contribution in [0, 0.1) is 0 Å². The molecular formula is C13H25N. The van der Waals surface area contributed by atoms with E-state index in [1.807, 2.05) is 0 Å². The average molecular weight is 195 g/mol. The Hall–Kier alpha value is -0.0400. The fraction of sp³-hybridized carbons (Fsp3) is 1.00. The maximum absolute atomic E-state index is 2.90. The predicted molar refractivity (Wildman–Crippen MR) is 61.5 cm³/mol. The van der Waals surface area contributed by atoms with Crippen LogP contribution in [0.25, 0.3) is 0 Å². The molecule has 2 bridgehead atoms. The molecule has 14 heavy (non-hydrogen) atoms. The van der Waals surface area contributed by atoms with Crippen molar-refractivity contribution in [2.75, 3.05) is 0 Å². The smallest absolute Gasteiger partial charge is 0.0102 e. The Balaban J connectivity index is 2.00. The summed E-state index contributed by atoms with van der Waals surface area (Å²) < 4.78 is 0. The van der Waals surface area contributed by atoms with E-state index in [1.165, 1.54) is 51.4 Å². The van der Waals surface area contributed by atoms with Crippen LogP contribution in [0.1, 0.15) is 65.2 Å². The summed E-state index contributed by atoms with van der Waals surface area (Å²) in [6.45, 7) is 4.70. The van der Waals surface area contributed by atoms with Crippen LogP contribution in [-0.4, -0.2) is 23.0 Å². The quantitative estimate of drug-likeness (QED) is 0.662. The lowest BCUT2D eigenvalue weighted by atomic mass is 9.97. The molecule has 0 N–H and O–H groups in total. The van der Waals surface area contributed by atoms with E-state index < -0.39 is 0 Å². The first-order valence-electron chi connectivity index (χ1n) is 6.64. The zero-order valence-electron chi connectivity index (χ0n) is 9.84. The van der Waals surface area contributed by atoms with E-state index in [2.05, 4.69) is 18.7 Å². The summed E-state index contributed by atoms with van der Waals surface area (Å²) in [6.07, 6.45) is 11.6. The zero-order valence-corrected chi connectivity index (χ0v) is 9.84. The van der Waals surface area contributed by atoms with Gasteiger partial charge in [-0.15, -0.1) is 0 Å². The molecule has 0 aromatic heterocycles. The number of rotatable bonds is 4. The van der Waals surface area contributed by atoms with Crippen LogP contribution in [-0.2, 0) is 0 Å². The van der Waals surface area contributed by atoms with Crippen molar-refractivity contribution >= 4 is 0 Å². The highest BCUT2D eigenvalue weighted by atomic mass is 15.2. The molecule has 2 aliphatic heterocycles. The van der Waals surface area contributed by atoms with Crippen LogP contribution in [0.4, 0.5) is 0 Å². The number of hydrogen-bond acceptors (Lipinski definition) is 1. The minimum absolute atomic E-state index is 0.901. The maximum Gasteiger partial charge on any atom is 0.0102 e. The Kier molecular flexibility index (Phi) is 3.48. The van der Waals surface area contributed by atoms with Gasteiger partial charge in [-0.25, -0.2) is 0 Å². The van der Waals surface area contributed by atoms with Gasteiger partial charge in [0.15, 0.2) is 0 Å². The Labute approximate surface area is 88.9 Å². The molecule has 2 rings (SSSR count). The molecular weight excluding hydrogens is 170 g/mol. The van der Waals surface area contributed by atoms with E-state index in [0.29, 0.717) is 0 Å². The van der Waals surface area contributed by atoms with Gasteiger partial charge in [0.25, 0.3) is 0 Å². The Bertz CT molecular complexity index is 162. The third-order valence-electron chi connectivity index (χ3n) is 4.27. The maximum atomic E-state index is 2.90. The van der Waals surface area contributed by atoms with Gasteiger partial charge in [0.05, 0.1) is 0 Å². The lowest BCUT2D eigenvalue weighted by Gasteiger charge is -2.40. The van der Waals surface area contributed by atoms with Gasteiger partial charge in [-0.3, -0.25) is 4.90 Å². The summed E-state index contributed by atoms with van der Waals surface area (Å²) in [7, 11) is 0. The fourth-order valence-electron chi connectivity index (χ4n) is 3.65. The highest BCUT2D eigenvalue weighted by molar-refractivity contribution is 4.94.